The third-order valence-electron chi connectivity index (χ3n) is 3.50. The molecule has 0 saturated carbocycles. The highest BCUT2D eigenvalue weighted by molar-refractivity contribution is 5.90. The molecule has 1 heterocycles. The number of hydrogen-bond acceptors (Lipinski definition) is 5. The van der Waals surface area contributed by atoms with Gasteiger partial charge in [-0.1, -0.05) is 18.2 Å². The molecule has 0 spiro atoms. The van der Waals surface area contributed by atoms with E-state index in [9.17, 15) is 14.4 Å². The second-order valence-electron chi connectivity index (χ2n) is 6.68. The maximum absolute atomic E-state index is 12.2. The highest BCUT2D eigenvalue weighted by Crippen LogP contribution is 2.24. The molecule has 7 nitrogen and oxygen atoms in total. The van der Waals surface area contributed by atoms with Crippen molar-refractivity contribution < 1.29 is 23.9 Å². The number of nitrogens with zero attached hydrogens (tertiary/aromatic N) is 1. The van der Waals surface area contributed by atoms with Crippen molar-refractivity contribution in [2.24, 2.45) is 5.73 Å². The molecule has 1 saturated heterocycles. The Morgan fingerprint density at radius 2 is 1.79 bits per heavy atom. The third-order valence-corrected chi connectivity index (χ3v) is 3.50. The summed E-state index contributed by atoms with van der Waals surface area (Å²) < 4.78 is 10.7. The van der Waals surface area contributed by atoms with Gasteiger partial charge in [0.2, 0.25) is 5.91 Å². The van der Waals surface area contributed by atoms with Gasteiger partial charge in [0, 0.05) is 6.42 Å². The fraction of sp³-hybridized carbons (Fsp3) is 0.471. The van der Waals surface area contributed by atoms with Crippen molar-refractivity contribution in [2.75, 3.05) is 6.54 Å². The lowest BCUT2D eigenvalue weighted by Crippen LogP contribution is -2.45. The quantitative estimate of drug-likeness (QED) is 0.848. The highest BCUT2D eigenvalue weighted by Gasteiger charge is 2.42. The molecule has 7 heteroatoms. The number of nitrogens with two attached hydrogens (primary N) is 1. The molecule has 1 aromatic carbocycles. The van der Waals surface area contributed by atoms with E-state index in [2.05, 4.69) is 0 Å². The van der Waals surface area contributed by atoms with E-state index in [1.165, 1.54) is 4.90 Å². The van der Waals surface area contributed by atoms with Gasteiger partial charge in [0.25, 0.3) is 0 Å². The Hall–Kier alpha value is -2.57. The Labute approximate surface area is 140 Å². The van der Waals surface area contributed by atoms with Crippen LogP contribution in [-0.4, -0.2) is 47.2 Å². The number of carbonyl (C=O) groups excluding carboxylic acids is 3. The van der Waals surface area contributed by atoms with Gasteiger partial charge in [-0.3, -0.25) is 9.69 Å². The number of hydrogen-bond donors (Lipinski definition) is 1. The molecule has 24 heavy (non-hydrogen) atoms. The van der Waals surface area contributed by atoms with Gasteiger partial charge in [-0.05, 0) is 32.9 Å². The predicted molar refractivity (Wildman–Crippen MR) is 86.2 cm³/mol. The van der Waals surface area contributed by atoms with E-state index in [1.807, 2.05) is 0 Å². The van der Waals surface area contributed by atoms with E-state index >= 15 is 0 Å². The normalized spacial score (nSPS) is 20.5. The number of amides is 2. The second kappa shape index (κ2) is 6.90. The van der Waals surface area contributed by atoms with Crippen molar-refractivity contribution in [1.82, 2.24) is 4.90 Å². The van der Waals surface area contributed by atoms with Crippen molar-refractivity contribution in [3.05, 3.63) is 35.9 Å². The van der Waals surface area contributed by atoms with Gasteiger partial charge < -0.3 is 15.2 Å². The summed E-state index contributed by atoms with van der Waals surface area (Å²) in [7, 11) is 0. The standard InChI is InChI=1S/C17H22N2O5/c1-17(2,3)24-16(22)19-10-12(9-13(19)14(18)20)23-15(21)11-7-5-4-6-8-11/h4-8,12-13H,9-10H2,1-3H3,(H2,18,20)/t12-,13+/m1/s1. The zero-order valence-corrected chi connectivity index (χ0v) is 14.0. The number of likely N-dealkylation sites (tertiary alicyclic amines) is 1. The first-order chi connectivity index (χ1) is 11.2. The van der Waals surface area contributed by atoms with Crippen LogP contribution in [-0.2, 0) is 14.3 Å². The minimum Gasteiger partial charge on any atom is -0.457 e. The molecule has 1 fully saturated rings. The zero-order chi connectivity index (χ0) is 17.9. The number of rotatable bonds is 3. The van der Waals surface area contributed by atoms with Crippen LogP contribution in [0.2, 0.25) is 0 Å². The summed E-state index contributed by atoms with van der Waals surface area (Å²) in [4.78, 5) is 37.2. The second-order valence-corrected chi connectivity index (χ2v) is 6.68. The van der Waals surface area contributed by atoms with Gasteiger partial charge in [-0.15, -0.1) is 0 Å². The van der Waals surface area contributed by atoms with Crippen LogP contribution in [0, 0.1) is 0 Å². The molecule has 1 aliphatic heterocycles. The molecule has 130 valence electrons. The minimum atomic E-state index is -0.853. The molecule has 2 amide bonds. The summed E-state index contributed by atoms with van der Waals surface area (Å²) in [6.45, 7) is 5.26. The summed E-state index contributed by atoms with van der Waals surface area (Å²) in [6, 6.07) is 7.66. The smallest absolute Gasteiger partial charge is 0.411 e. The Bertz CT molecular complexity index is 624. The largest absolute Gasteiger partial charge is 0.457 e. The lowest BCUT2D eigenvalue weighted by atomic mass is 10.2. The molecule has 0 radical (unpaired) electrons. The van der Waals surface area contributed by atoms with Gasteiger partial charge in [-0.25, -0.2) is 9.59 Å². The van der Waals surface area contributed by atoms with Crippen LogP contribution < -0.4 is 5.73 Å². The van der Waals surface area contributed by atoms with Crippen LogP contribution in [0.4, 0.5) is 4.79 Å². The molecule has 2 rings (SSSR count). The lowest BCUT2D eigenvalue weighted by Gasteiger charge is -2.26. The number of esters is 1. The first kappa shape index (κ1) is 17.8. The van der Waals surface area contributed by atoms with Crippen LogP contribution >= 0.6 is 0 Å². The summed E-state index contributed by atoms with van der Waals surface area (Å²) in [6.07, 6.45) is -1.10. The van der Waals surface area contributed by atoms with Crippen molar-refractivity contribution in [2.45, 2.75) is 44.9 Å². The fourth-order valence-corrected chi connectivity index (χ4v) is 2.47. The Balaban J connectivity index is 2.05. The minimum absolute atomic E-state index is 0.0705. The van der Waals surface area contributed by atoms with Crippen molar-refractivity contribution in [1.29, 1.82) is 0 Å². The maximum atomic E-state index is 12.2. The van der Waals surface area contributed by atoms with Crippen molar-refractivity contribution >= 4 is 18.0 Å². The maximum Gasteiger partial charge on any atom is 0.411 e. The van der Waals surface area contributed by atoms with Crippen LogP contribution in [0.15, 0.2) is 30.3 Å². The van der Waals surface area contributed by atoms with E-state index in [1.54, 1.807) is 51.1 Å². The van der Waals surface area contributed by atoms with Crippen molar-refractivity contribution in [3.8, 4) is 0 Å². The van der Waals surface area contributed by atoms with Gasteiger partial charge >= 0.3 is 12.1 Å². The summed E-state index contributed by atoms with van der Waals surface area (Å²) >= 11 is 0. The average Bonchev–Trinajstić information content (AvgIpc) is 2.90. The van der Waals surface area contributed by atoms with Gasteiger partial charge in [0.15, 0.2) is 0 Å². The number of primary amides is 1. The van der Waals surface area contributed by atoms with E-state index in [-0.39, 0.29) is 13.0 Å². The lowest BCUT2D eigenvalue weighted by molar-refractivity contribution is -0.122. The molecule has 0 aliphatic carbocycles. The van der Waals surface area contributed by atoms with E-state index in [0.717, 1.165) is 0 Å². The topological polar surface area (TPSA) is 98.9 Å². The zero-order valence-electron chi connectivity index (χ0n) is 14.0. The molecule has 1 aromatic rings. The monoisotopic (exact) mass is 334 g/mol. The molecule has 0 bridgehead atoms. The van der Waals surface area contributed by atoms with E-state index in [4.69, 9.17) is 15.2 Å². The number of carbonyl (C=O) groups is 3. The van der Waals surface area contributed by atoms with Gasteiger partial charge in [0.1, 0.15) is 17.7 Å². The van der Waals surface area contributed by atoms with Crippen LogP contribution in [0.1, 0.15) is 37.6 Å². The first-order valence-corrected chi connectivity index (χ1v) is 7.72. The highest BCUT2D eigenvalue weighted by atomic mass is 16.6. The van der Waals surface area contributed by atoms with Gasteiger partial charge in [-0.2, -0.15) is 0 Å². The molecule has 2 N–H and O–H groups in total. The molecule has 2 atom stereocenters. The average molecular weight is 334 g/mol. The summed E-state index contributed by atoms with van der Waals surface area (Å²) in [5.74, 6) is -1.16. The molecule has 0 aromatic heterocycles. The molecular formula is C17H22N2O5. The molecule has 0 unspecified atom stereocenters. The van der Waals surface area contributed by atoms with Crippen molar-refractivity contribution in [3.63, 3.8) is 0 Å². The Morgan fingerprint density at radius 3 is 2.33 bits per heavy atom. The van der Waals surface area contributed by atoms with E-state index < -0.39 is 35.7 Å². The molecular weight excluding hydrogens is 312 g/mol. The Morgan fingerprint density at radius 1 is 1.17 bits per heavy atom. The SMILES string of the molecule is CC(C)(C)OC(=O)N1C[C@H](OC(=O)c2ccccc2)C[C@H]1C(N)=O. The fourth-order valence-electron chi connectivity index (χ4n) is 2.47. The number of ether oxygens (including phenoxy) is 2. The predicted octanol–water partition coefficient (Wildman–Crippen LogP) is 1.71. The Kier molecular flexibility index (Phi) is 5.11. The van der Waals surface area contributed by atoms with Gasteiger partial charge in [0.05, 0.1) is 12.1 Å². The van der Waals surface area contributed by atoms with Crippen LogP contribution in [0.25, 0.3) is 0 Å². The molecule has 1 aliphatic rings. The summed E-state index contributed by atoms with van der Waals surface area (Å²) in [5.41, 5.74) is 5.07. The first-order valence-electron chi connectivity index (χ1n) is 7.72. The van der Waals surface area contributed by atoms with Crippen LogP contribution in [0.5, 0.6) is 0 Å². The number of benzene rings is 1. The summed E-state index contributed by atoms with van der Waals surface area (Å²) in [5, 5.41) is 0. The van der Waals surface area contributed by atoms with Crippen LogP contribution in [0.3, 0.4) is 0 Å². The third kappa shape index (κ3) is 4.47. The van der Waals surface area contributed by atoms with E-state index in [0.29, 0.717) is 5.56 Å².